The highest BCUT2D eigenvalue weighted by Gasteiger charge is 2.28. The van der Waals surface area contributed by atoms with E-state index in [0.717, 1.165) is 0 Å². The molecule has 1 aliphatic heterocycles. The van der Waals surface area contributed by atoms with E-state index in [1.54, 1.807) is 11.9 Å². The fraction of sp³-hybridized carbons (Fsp3) is 0.700. The number of hydrogen-bond donors (Lipinski definition) is 2. The van der Waals surface area contributed by atoms with Gasteiger partial charge < -0.3 is 15.7 Å². The maximum absolute atomic E-state index is 10.9. The van der Waals surface area contributed by atoms with Gasteiger partial charge in [0, 0.05) is 26.2 Å². The van der Waals surface area contributed by atoms with E-state index in [4.69, 9.17) is 5.73 Å². The highest BCUT2D eigenvalue weighted by molar-refractivity contribution is 5.57. The molecule has 2 rings (SSSR count). The van der Waals surface area contributed by atoms with Crippen molar-refractivity contribution >= 4 is 11.5 Å². The summed E-state index contributed by atoms with van der Waals surface area (Å²) in [6, 6.07) is -0.0720. The van der Waals surface area contributed by atoms with Crippen molar-refractivity contribution in [2.75, 3.05) is 18.0 Å². The van der Waals surface area contributed by atoms with Crippen molar-refractivity contribution in [2.45, 2.75) is 25.0 Å². The first-order chi connectivity index (χ1) is 8.49. The lowest BCUT2D eigenvalue weighted by molar-refractivity contribution is -0.384. The van der Waals surface area contributed by atoms with E-state index in [1.807, 2.05) is 0 Å². The minimum absolute atomic E-state index is 0.0415. The number of aryl methyl sites for hydroxylation is 1. The topological polar surface area (TPSA) is 110 Å². The van der Waals surface area contributed by atoms with Crippen LogP contribution in [-0.4, -0.2) is 45.0 Å². The van der Waals surface area contributed by atoms with Crippen LogP contribution in [0.15, 0.2) is 6.20 Å². The van der Waals surface area contributed by atoms with Gasteiger partial charge in [0.05, 0.1) is 11.0 Å². The van der Waals surface area contributed by atoms with Crippen molar-refractivity contribution in [3.05, 3.63) is 16.3 Å². The SMILES string of the molecule is Cn1ncc([N+](=O)[O-])c1N1CCC(N)CC(O)C1. The van der Waals surface area contributed by atoms with E-state index in [9.17, 15) is 15.2 Å². The summed E-state index contributed by atoms with van der Waals surface area (Å²) in [5, 5.41) is 24.7. The summed E-state index contributed by atoms with van der Waals surface area (Å²) >= 11 is 0. The maximum atomic E-state index is 10.9. The summed E-state index contributed by atoms with van der Waals surface area (Å²) < 4.78 is 1.46. The first kappa shape index (κ1) is 12.8. The molecule has 2 unspecified atom stereocenters. The Hall–Kier alpha value is -1.67. The molecule has 1 aliphatic rings. The molecule has 3 N–H and O–H groups in total. The lowest BCUT2D eigenvalue weighted by Crippen LogP contribution is -2.32. The zero-order valence-corrected chi connectivity index (χ0v) is 10.2. The van der Waals surface area contributed by atoms with Gasteiger partial charge in [-0.15, -0.1) is 0 Å². The summed E-state index contributed by atoms with van der Waals surface area (Å²) in [5.74, 6) is 0.424. The molecule has 1 saturated heterocycles. The minimum atomic E-state index is -0.572. The molecule has 1 aromatic rings. The quantitative estimate of drug-likeness (QED) is 0.550. The number of nitrogens with zero attached hydrogens (tertiary/aromatic N) is 4. The Kier molecular flexibility index (Phi) is 3.48. The maximum Gasteiger partial charge on any atom is 0.331 e. The van der Waals surface area contributed by atoms with Crippen molar-refractivity contribution in [1.29, 1.82) is 0 Å². The molecular formula is C10H17N5O3. The van der Waals surface area contributed by atoms with Gasteiger partial charge in [-0.1, -0.05) is 0 Å². The van der Waals surface area contributed by atoms with Gasteiger partial charge in [0.25, 0.3) is 0 Å². The molecule has 8 heteroatoms. The van der Waals surface area contributed by atoms with Crippen molar-refractivity contribution in [3.8, 4) is 0 Å². The van der Waals surface area contributed by atoms with E-state index < -0.39 is 11.0 Å². The second kappa shape index (κ2) is 4.91. The molecule has 1 aromatic heterocycles. The predicted octanol–water partition coefficient (Wildman–Crippen LogP) is -0.383. The predicted molar refractivity (Wildman–Crippen MR) is 65.3 cm³/mol. The number of β-amino-alcohol motifs (C(OH)–C–C–N with tert-alkyl or cyclic N) is 1. The minimum Gasteiger partial charge on any atom is -0.391 e. The summed E-state index contributed by atoms with van der Waals surface area (Å²) in [6.07, 6.45) is 1.87. The molecule has 2 atom stereocenters. The number of aromatic nitrogens is 2. The summed E-state index contributed by atoms with van der Waals surface area (Å²) in [4.78, 5) is 12.3. The molecule has 0 radical (unpaired) electrons. The third-order valence-corrected chi connectivity index (χ3v) is 3.16. The van der Waals surface area contributed by atoms with Gasteiger partial charge in [0.2, 0.25) is 5.82 Å². The fourth-order valence-corrected chi connectivity index (χ4v) is 2.32. The number of nitrogens with two attached hydrogens (primary N) is 1. The van der Waals surface area contributed by atoms with Crippen molar-refractivity contribution < 1.29 is 10.0 Å². The van der Waals surface area contributed by atoms with Gasteiger partial charge in [-0.2, -0.15) is 5.10 Å². The Labute approximate surface area is 104 Å². The van der Waals surface area contributed by atoms with Crippen LogP contribution in [0, 0.1) is 10.1 Å². The monoisotopic (exact) mass is 255 g/mol. The zero-order chi connectivity index (χ0) is 13.3. The summed E-state index contributed by atoms with van der Waals surface area (Å²) in [6.45, 7) is 0.923. The lowest BCUT2D eigenvalue weighted by atomic mass is 10.1. The number of aliphatic hydroxyl groups excluding tert-OH is 1. The van der Waals surface area contributed by atoms with Gasteiger partial charge in [-0.05, 0) is 12.8 Å². The average molecular weight is 255 g/mol. The second-order valence-electron chi connectivity index (χ2n) is 4.62. The van der Waals surface area contributed by atoms with E-state index in [2.05, 4.69) is 5.10 Å². The number of rotatable bonds is 2. The molecule has 100 valence electrons. The molecule has 0 spiro atoms. The average Bonchev–Trinajstić information content (AvgIpc) is 2.58. The third kappa shape index (κ3) is 2.44. The smallest absolute Gasteiger partial charge is 0.331 e. The Morgan fingerprint density at radius 1 is 1.67 bits per heavy atom. The number of anilines is 1. The molecular weight excluding hydrogens is 238 g/mol. The third-order valence-electron chi connectivity index (χ3n) is 3.16. The second-order valence-corrected chi connectivity index (χ2v) is 4.62. The molecule has 0 saturated carbocycles. The van der Waals surface area contributed by atoms with Crippen molar-refractivity contribution in [2.24, 2.45) is 12.8 Å². The normalized spacial score (nSPS) is 24.9. The van der Waals surface area contributed by atoms with Gasteiger partial charge in [0.15, 0.2) is 0 Å². The largest absolute Gasteiger partial charge is 0.391 e. The van der Waals surface area contributed by atoms with Crippen LogP contribution in [0.3, 0.4) is 0 Å². The summed E-state index contributed by atoms with van der Waals surface area (Å²) in [5.41, 5.74) is 5.79. The van der Waals surface area contributed by atoms with Gasteiger partial charge in [0.1, 0.15) is 6.20 Å². The van der Waals surface area contributed by atoms with Crippen molar-refractivity contribution in [1.82, 2.24) is 9.78 Å². The van der Waals surface area contributed by atoms with E-state index >= 15 is 0 Å². The fourth-order valence-electron chi connectivity index (χ4n) is 2.32. The highest BCUT2D eigenvalue weighted by atomic mass is 16.6. The molecule has 1 fully saturated rings. The van der Waals surface area contributed by atoms with Crippen LogP contribution in [-0.2, 0) is 7.05 Å². The van der Waals surface area contributed by atoms with Crippen LogP contribution in [0.4, 0.5) is 11.5 Å². The Bertz CT molecular complexity index is 447. The number of nitro groups is 1. The first-order valence-corrected chi connectivity index (χ1v) is 5.84. The van der Waals surface area contributed by atoms with E-state index in [0.29, 0.717) is 31.7 Å². The van der Waals surface area contributed by atoms with Crippen LogP contribution in [0.5, 0.6) is 0 Å². The molecule has 0 amide bonds. The standard InChI is InChI=1S/C10H17N5O3/c1-13-10(9(5-12-13)15(17)18)14-3-2-7(11)4-8(16)6-14/h5,7-8,16H,2-4,6,11H2,1H3. The van der Waals surface area contributed by atoms with Gasteiger partial charge >= 0.3 is 5.69 Å². The molecule has 18 heavy (non-hydrogen) atoms. The Morgan fingerprint density at radius 3 is 3.06 bits per heavy atom. The Balaban J connectivity index is 2.30. The van der Waals surface area contributed by atoms with Crippen LogP contribution in [0.25, 0.3) is 0 Å². The zero-order valence-electron chi connectivity index (χ0n) is 10.2. The number of aliphatic hydroxyl groups is 1. The van der Waals surface area contributed by atoms with Crippen LogP contribution in [0.2, 0.25) is 0 Å². The molecule has 0 bridgehead atoms. The van der Waals surface area contributed by atoms with Crippen LogP contribution < -0.4 is 10.6 Å². The molecule has 2 heterocycles. The van der Waals surface area contributed by atoms with Gasteiger partial charge in [-0.3, -0.25) is 10.1 Å². The highest BCUT2D eigenvalue weighted by Crippen LogP contribution is 2.28. The lowest BCUT2D eigenvalue weighted by Gasteiger charge is -2.23. The molecule has 0 aliphatic carbocycles. The van der Waals surface area contributed by atoms with Gasteiger partial charge in [-0.25, -0.2) is 4.68 Å². The first-order valence-electron chi connectivity index (χ1n) is 5.84. The van der Waals surface area contributed by atoms with E-state index in [-0.39, 0.29) is 11.7 Å². The molecule has 8 nitrogen and oxygen atoms in total. The van der Waals surface area contributed by atoms with Crippen molar-refractivity contribution in [3.63, 3.8) is 0 Å². The molecule has 0 aromatic carbocycles. The Morgan fingerprint density at radius 2 is 2.39 bits per heavy atom. The van der Waals surface area contributed by atoms with Crippen LogP contribution in [0.1, 0.15) is 12.8 Å². The van der Waals surface area contributed by atoms with Crippen LogP contribution >= 0.6 is 0 Å². The number of hydrogen-bond acceptors (Lipinski definition) is 6. The van der Waals surface area contributed by atoms with E-state index in [1.165, 1.54) is 10.9 Å². The summed E-state index contributed by atoms with van der Waals surface area (Å²) in [7, 11) is 1.65.